The molecule has 1 aliphatic carbocycles. The monoisotopic (exact) mass is 569 g/mol. The van der Waals surface area contributed by atoms with Gasteiger partial charge >= 0.3 is 0 Å². The second kappa shape index (κ2) is 11.5. The van der Waals surface area contributed by atoms with Crippen LogP contribution in [0.4, 0.5) is 5.69 Å². The minimum absolute atomic E-state index is 0.0125. The van der Waals surface area contributed by atoms with Gasteiger partial charge in [0.2, 0.25) is 12.7 Å². The lowest BCUT2D eigenvalue weighted by atomic mass is 9.94. The minimum atomic E-state index is -1.03. The summed E-state index contributed by atoms with van der Waals surface area (Å²) in [4.78, 5) is 41.3. The lowest BCUT2D eigenvalue weighted by molar-refractivity contribution is -0.127. The molecule has 1 aromatic heterocycles. The summed E-state index contributed by atoms with van der Waals surface area (Å²) in [5.74, 6) is -0.582. The highest BCUT2D eigenvalue weighted by Gasteiger charge is 2.36. The number of rotatable bonds is 8. The summed E-state index contributed by atoms with van der Waals surface area (Å²) in [6, 6.07) is 11.1. The Kier molecular flexibility index (Phi) is 7.89. The first-order valence-corrected chi connectivity index (χ1v) is 13.8. The van der Waals surface area contributed by atoms with E-state index in [1.54, 1.807) is 42.5 Å². The molecule has 0 spiro atoms. The van der Waals surface area contributed by atoms with Crippen LogP contribution in [0.25, 0.3) is 0 Å². The second-order valence-corrected chi connectivity index (χ2v) is 10.8. The Morgan fingerprint density at radius 3 is 2.49 bits per heavy atom. The molecule has 2 aliphatic rings. The fraction of sp³-hybridized carbons (Fsp3) is 0.333. The number of carbonyl (C=O) groups excluding carboxylic acids is 3. The molecule has 1 fully saturated rings. The normalized spacial score (nSPS) is 15.5. The van der Waals surface area contributed by atoms with Crippen molar-refractivity contribution in [1.29, 1.82) is 0 Å². The standard InChI is InChI=1S/C27H28ClN5O5S/c28-17-9-7-16(8-10-17)23(26(35)31-18-4-2-1-3-5-18)33(13-15-6-11-19-20(12-15)38-14-37-19)27(36)24-21(29)22(25(30)34)32-39-24/h6-12,18,23H,1-5,13-14,29H2,(H2,30,34)(H,31,35)/t23-/m1/s1. The zero-order chi connectivity index (χ0) is 27.5. The maximum Gasteiger partial charge on any atom is 0.270 e. The first-order valence-electron chi connectivity index (χ1n) is 12.6. The van der Waals surface area contributed by atoms with E-state index in [2.05, 4.69) is 9.69 Å². The van der Waals surface area contributed by atoms with Gasteiger partial charge in [0.1, 0.15) is 10.9 Å². The number of benzene rings is 2. The van der Waals surface area contributed by atoms with Crippen LogP contribution in [0.15, 0.2) is 42.5 Å². The summed E-state index contributed by atoms with van der Waals surface area (Å²) < 4.78 is 14.9. The van der Waals surface area contributed by atoms with Crippen molar-refractivity contribution >= 4 is 46.5 Å². The van der Waals surface area contributed by atoms with Gasteiger partial charge in [-0.15, -0.1) is 0 Å². The van der Waals surface area contributed by atoms with Crippen LogP contribution in [0.3, 0.4) is 0 Å². The van der Waals surface area contributed by atoms with Crippen molar-refractivity contribution in [2.75, 3.05) is 12.5 Å². The molecule has 3 amide bonds. The summed E-state index contributed by atoms with van der Waals surface area (Å²) >= 11 is 6.92. The highest BCUT2D eigenvalue weighted by molar-refractivity contribution is 7.09. The van der Waals surface area contributed by atoms with Crippen LogP contribution >= 0.6 is 23.1 Å². The largest absolute Gasteiger partial charge is 0.454 e. The molecule has 5 N–H and O–H groups in total. The fourth-order valence-electron chi connectivity index (χ4n) is 4.92. The second-order valence-electron chi connectivity index (χ2n) is 9.56. The summed E-state index contributed by atoms with van der Waals surface area (Å²) in [6.45, 7) is 0.135. The number of carbonyl (C=O) groups is 3. The van der Waals surface area contributed by atoms with Gasteiger partial charge in [0.25, 0.3) is 11.8 Å². The van der Waals surface area contributed by atoms with E-state index >= 15 is 0 Å². The number of hydrogen-bond acceptors (Lipinski definition) is 8. The third-order valence-corrected chi connectivity index (χ3v) is 8.01. The van der Waals surface area contributed by atoms with E-state index in [4.69, 9.17) is 32.5 Å². The highest BCUT2D eigenvalue weighted by Crippen LogP contribution is 2.35. The molecule has 0 radical (unpaired) electrons. The maximum absolute atomic E-state index is 14.1. The number of aromatic nitrogens is 1. The number of nitrogens with one attached hydrogen (secondary N) is 1. The molecule has 1 aliphatic heterocycles. The van der Waals surface area contributed by atoms with Crippen LogP contribution in [-0.2, 0) is 11.3 Å². The topological polar surface area (TPSA) is 150 Å². The van der Waals surface area contributed by atoms with E-state index in [1.165, 1.54) is 4.90 Å². The average Bonchev–Trinajstić information content (AvgIpc) is 3.55. The number of nitrogens with zero attached hydrogens (tertiary/aromatic N) is 2. The van der Waals surface area contributed by atoms with Crippen LogP contribution < -0.4 is 26.3 Å². The maximum atomic E-state index is 14.1. The fourth-order valence-corrected chi connectivity index (χ4v) is 5.81. The number of nitrogens with two attached hydrogens (primary N) is 2. The Morgan fingerprint density at radius 2 is 1.79 bits per heavy atom. The Morgan fingerprint density at radius 1 is 1.08 bits per heavy atom. The average molecular weight is 570 g/mol. The van der Waals surface area contributed by atoms with E-state index < -0.39 is 17.9 Å². The summed E-state index contributed by atoms with van der Waals surface area (Å²) in [7, 11) is 0. The number of halogens is 1. The molecule has 1 saturated carbocycles. The highest BCUT2D eigenvalue weighted by atomic mass is 35.5. The predicted octanol–water partition coefficient (Wildman–Crippen LogP) is 4.04. The molecule has 10 nitrogen and oxygen atoms in total. The third-order valence-electron chi connectivity index (χ3n) is 6.90. The molecule has 39 heavy (non-hydrogen) atoms. The number of amides is 3. The SMILES string of the molecule is NC(=O)c1nsc(C(=O)N(Cc2ccc3c(c2)OCO3)[C@@H](C(=O)NC2CCCCC2)c2ccc(Cl)cc2)c1N. The number of fused-ring (bicyclic) bond motifs is 1. The van der Waals surface area contributed by atoms with Crippen LogP contribution in [-0.4, -0.2) is 39.8 Å². The Bertz CT molecular complexity index is 1390. The zero-order valence-electron chi connectivity index (χ0n) is 21.0. The van der Waals surface area contributed by atoms with Crippen molar-refractivity contribution in [1.82, 2.24) is 14.6 Å². The summed E-state index contributed by atoms with van der Waals surface area (Å²) in [6.07, 6.45) is 4.94. The van der Waals surface area contributed by atoms with Gasteiger partial charge < -0.3 is 31.2 Å². The van der Waals surface area contributed by atoms with Crippen molar-refractivity contribution in [3.8, 4) is 11.5 Å². The van der Waals surface area contributed by atoms with Gasteiger partial charge in [-0.1, -0.05) is 49.1 Å². The number of hydrogen-bond donors (Lipinski definition) is 3. The molecule has 2 heterocycles. The molecule has 12 heteroatoms. The van der Waals surface area contributed by atoms with Gasteiger partial charge in [0.05, 0.1) is 5.69 Å². The molecular weight excluding hydrogens is 542 g/mol. The number of anilines is 1. The Balaban J connectivity index is 1.57. The van der Waals surface area contributed by atoms with Crippen LogP contribution in [0.1, 0.15) is 69.4 Å². The van der Waals surface area contributed by atoms with E-state index in [-0.39, 0.29) is 41.5 Å². The lowest BCUT2D eigenvalue weighted by Crippen LogP contribution is -2.46. The van der Waals surface area contributed by atoms with Gasteiger partial charge in [-0.3, -0.25) is 14.4 Å². The van der Waals surface area contributed by atoms with Gasteiger partial charge in [0.15, 0.2) is 17.2 Å². The number of primary amides is 1. The van der Waals surface area contributed by atoms with Crippen molar-refractivity contribution in [3.05, 3.63) is 69.2 Å². The molecule has 3 aromatic rings. The van der Waals surface area contributed by atoms with Gasteiger partial charge in [-0.2, -0.15) is 4.37 Å². The molecule has 5 rings (SSSR count). The summed E-state index contributed by atoms with van der Waals surface area (Å²) in [5.41, 5.74) is 12.5. The Hall–Kier alpha value is -3.83. The van der Waals surface area contributed by atoms with E-state index in [0.29, 0.717) is 27.6 Å². The van der Waals surface area contributed by atoms with E-state index in [9.17, 15) is 14.4 Å². The van der Waals surface area contributed by atoms with Crippen LogP contribution in [0, 0.1) is 0 Å². The number of ether oxygens (including phenoxy) is 2. The van der Waals surface area contributed by atoms with Crippen molar-refractivity contribution in [3.63, 3.8) is 0 Å². The smallest absolute Gasteiger partial charge is 0.270 e. The first kappa shape index (κ1) is 26.8. The zero-order valence-corrected chi connectivity index (χ0v) is 22.6. The third kappa shape index (κ3) is 5.79. The molecular formula is C27H28ClN5O5S. The minimum Gasteiger partial charge on any atom is -0.454 e. The van der Waals surface area contributed by atoms with Crippen LogP contribution in [0.2, 0.25) is 5.02 Å². The van der Waals surface area contributed by atoms with E-state index in [0.717, 1.165) is 43.6 Å². The van der Waals surface area contributed by atoms with Gasteiger partial charge in [-0.25, -0.2) is 0 Å². The van der Waals surface area contributed by atoms with Crippen molar-refractivity contribution in [2.24, 2.45) is 5.73 Å². The lowest BCUT2D eigenvalue weighted by Gasteiger charge is -2.33. The molecule has 0 bridgehead atoms. The van der Waals surface area contributed by atoms with Crippen molar-refractivity contribution < 1.29 is 23.9 Å². The molecule has 204 valence electrons. The quantitative estimate of drug-likeness (QED) is 0.370. The molecule has 0 unspecified atom stereocenters. The first-order chi connectivity index (χ1) is 18.8. The van der Waals surface area contributed by atoms with Gasteiger partial charge in [0, 0.05) is 17.6 Å². The Labute approximate surface area is 234 Å². The van der Waals surface area contributed by atoms with Crippen LogP contribution in [0.5, 0.6) is 11.5 Å². The van der Waals surface area contributed by atoms with Crippen molar-refractivity contribution in [2.45, 2.75) is 50.7 Å². The number of nitrogen functional groups attached to an aromatic ring is 1. The van der Waals surface area contributed by atoms with Gasteiger partial charge in [-0.05, 0) is 59.8 Å². The molecule has 2 aromatic carbocycles. The molecule has 0 saturated heterocycles. The summed E-state index contributed by atoms with van der Waals surface area (Å²) in [5, 5.41) is 3.65. The van der Waals surface area contributed by atoms with E-state index in [1.807, 2.05) is 0 Å². The predicted molar refractivity (Wildman–Crippen MR) is 147 cm³/mol. The molecule has 1 atom stereocenters.